The molecular weight excluding hydrogens is 436 g/mol. The number of nitrogens with zero attached hydrogens (tertiary/aromatic N) is 1. The summed E-state index contributed by atoms with van der Waals surface area (Å²) in [4.78, 5) is 27.8. The van der Waals surface area contributed by atoms with Crippen LogP contribution in [0.15, 0.2) is 91.0 Å². The third-order valence-corrected chi connectivity index (χ3v) is 7.25. The Morgan fingerprint density at radius 1 is 0.886 bits per heavy atom. The molecule has 0 aliphatic carbocycles. The van der Waals surface area contributed by atoms with E-state index in [1.54, 1.807) is 6.92 Å². The molecule has 5 atom stereocenters. The minimum atomic E-state index is -0.397. The van der Waals surface area contributed by atoms with E-state index in [1.165, 1.54) is 5.56 Å². The van der Waals surface area contributed by atoms with E-state index < -0.39 is 6.04 Å². The number of hydrogen-bond acceptors (Lipinski definition) is 4. The fraction of sp³-hybridized carbons (Fsp3) is 0.333. The fourth-order valence-electron chi connectivity index (χ4n) is 5.80. The Hall–Kier alpha value is -3.44. The number of esters is 1. The lowest BCUT2D eigenvalue weighted by molar-refractivity contribution is -0.185. The van der Waals surface area contributed by atoms with E-state index in [9.17, 15) is 9.59 Å². The number of carbonyl (C=O) groups is 2. The summed E-state index contributed by atoms with van der Waals surface area (Å²) >= 11 is 0. The molecule has 2 fully saturated rings. The van der Waals surface area contributed by atoms with Gasteiger partial charge in [-0.1, -0.05) is 91.0 Å². The Morgan fingerprint density at radius 3 is 2.11 bits per heavy atom. The van der Waals surface area contributed by atoms with Gasteiger partial charge in [0.2, 0.25) is 5.91 Å². The van der Waals surface area contributed by atoms with Gasteiger partial charge in [0.25, 0.3) is 0 Å². The lowest BCUT2D eigenvalue weighted by atomic mass is 9.81. The number of ether oxygens (including phenoxy) is 1. The molecule has 0 saturated carbocycles. The van der Waals surface area contributed by atoms with Gasteiger partial charge in [0.15, 0.2) is 0 Å². The monoisotopic (exact) mass is 468 g/mol. The zero-order chi connectivity index (χ0) is 24.2. The number of rotatable bonds is 6. The third kappa shape index (κ3) is 5.15. The van der Waals surface area contributed by atoms with Crippen molar-refractivity contribution in [3.05, 3.63) is 108 Å². The molecule has 3 aromatic carbocycles. The smallest absolute Gasteiger partial charge is 0.324 e. The zero-order valence-corrected chi connectivity index (χ0v) is 20.0. The quantitative estimate of drug-likeness (QED) is 0.518. The molecule has 3 aromatic rings. The second-order valence-electron chi connectivity index (χ2n) is 9.63. The van der Waals surface area contributed by atoms with Gasteiger partial charge in [0.1, 0.15) is 12.1 Å². The minimum absolute atomic E-state index is 0.0493. The van der Waals surface area contributed by atoms with Gasteiger partial charge in [0.05, 0.1) is 6.04 Å². The first-order chi connectivity index (χ1) is 17.1. The van der Waals surface area contributed by atoms with Crippen LogP contribution in [0.4, 0.5) is 0 Å². The average molecular weight is 469 g/mol. The van der Waals surface area contributed by atoms with Crippen LogP contribution in [0.2, 0.25) is 0 Å². The zero-order valence-electron chi connectivity index (χ0n) is 20.0. The number of amides is 1. The van der Waals surface area contributed by atoms with Crippen LogP contribution in [0.25, 0.3) is 0 Å². The Morgan fingerprint density at radius 2 is 1.49 bits per heavy atom. The van der Waals surface area contributed by atoms with Crippen LogP contribution in [0.5, 0.6) is 0 Å². The number of nitrogens with one attached hydrogen (secondary N) is 1. The fourth-order valence-corrected chi connectivity index (χ4v) is 5.80. The van der Waals surface area contributed by atoms with E-state index >= 15 is 0 Å². The number of aryl methyl sites for hydroxylation is 1. The topological polar surface area (TPSA) is 58.6 Å². The first-order valence-corrected chi connectivity index (χ1v) is 12.5. The molecule has 2 aliphatic heterocycles. The molecule has 2 saturated heterocycles. The van der Waals surface area contributed by atoms with Gasteiger partial charge in [0, 0.05) is 19.0 Å². The van der Waals surface area contributed by atoms with E-state index in [1.807, 2.05) is 54.6 Å². The highest BCUT2D eigenvalue weighted by molar-refractivity contribution is 5.78. The average Bonchev–Trinajstić information content (AvgIpc) is 2.89. The molecule has 5 nitrogen and oxygen atoms in total. The van der Waals surface area contributed by atoms with Crippen LogP contribution in [-0.4, -0.2) is 34.9 Å². The van der Waals surface area contributed by atoms with Gasteiger partial charge < -0.3 is 10.1 Å². The lowest BCUT2D eigenvalue weighted by Crippen LogP contribution is -2.62. The summed E-state index contributed by atoms with van der Waals surface area (Å²) in [5, 5.41) is 3.09. The van der Waals surface area contributed by atoms with Crippen molar-refractivity contribution in [2.24, 2.45) is 0 Å². The van der Waals surface area contributed by atoms with Gasteiger partial charge >= 0.3 is 5.97 Å². The predicted molar refractivity (Wildman–Crippen MR) is 135 cm³/mol. The Bertz CT molecular complexity index is 1140. The molecule has 0 spiro atoms. The molecule has 1 N–H and O–H groups in total. The van der Waals surface area contributed by atoms with Crippen molar-refractivity contribution in [2.45, 2.75) is 62.9 Å². The van der Waals surface area contributed by atoms with Gasteiger partial charge in [-0.2, -0.15) is 0 Å². The maximum absolute atomic E-state index is 13.5. The highest BCUT2D eigenvalue weighted by Crippen LogP contribution is 2.47. The number of morpholine rings is 1. The van der Waals surface area contributed by atoms with Gasteiger partial charge in [-0.15, -0.1) is 0 Å². The molecule has 0 aromatic heterocycles. The Kier molecular flexibility index (Phi) is 6.96. The first kappa shape index (κ1) is 23.3. The standard InChI is InChI=1S/C30H32N2O3/c1-21(33)31-25-19-26(18-17-22-11-5-2-6-12-22)32-27(20-25)30(34)35-29(24-15-9-4-10-16-24)28(32)23-13-7-3-8-14-23/h2-16,25-29H,17-20H2,1H3,(H,31,33)/t25-,26+,27-,28-,29+/m1/s1. The van der Waals surface area contributed by atoms with Crippen molar-refractivity contribution < 1.29 is 14.3 Å². The summed E-state index contributed by atoms with van der Waals surface area (Å²) in [5.41, 5.74) is 3.42. The predicted octanol–water partition coefficient (Wildman–Crippen LogP) is 5.00. The molecule has 0 radical (unpaired) electrons. The Balaban J connectivity index is 1.54. The second kappa shape index (κ2) is 10.4. The summed E-state index contributed by atoms with van der Waals surface area (Å²) in [6, 6.07) is 30.5. The van der Waals surface area contributed by atoms with Crippen molar-refractivity contribution in [1.82, 2.24) is 10.2 Å². The maximum Gasteiger partial charge on any atom is 0.324 e. The molecule has 5 rings (SSSR count). The summed E-state index contributed by atoms with van der Waals surface area (Å²) in [7, 11) is 0. The first-order valence-electron chi connectivity index (χ1n) is 12.5. The number of benzene rings is 3. The van der Waals surface area contributed by atoms with Crippen LogP contribution in [0.1, 0.15) is 55.0 Å². The van der Waals surface area contributed by atoms with E-state index in [0.29, 0.717) is 6.42 Å². The third-order valence-electron chi connectivity index (χ3n) is 7.25. The van der Waals surface area contributed by atoms with Crippen molar-refractivity contribution >= 4 is 11.9 Å². The minimum Gasteiger partial charge on any atom is -0.454 e. The van der Waals surface area contributed by atoms with E-state index in [0.717, 1.165) is 30.4 Å². The van der Waals surface area contributed by atoms with Gasteiger partial charge in [-0.05, 0) is 42.4 Å². The SMILES string of the molecule is CC(=O)N[C@@H]1C[C@H](CCc2ccccc2)N2[C@H](C1)C(=O)O[C@@H](c1ccccc1)[C@H]2c1ccccc1. The summed E-state index contributed by atoms with van der Waals surface area (Å²) in [6.07, 6.45) is 2.79. The van der Waals surface area contributed by atoms with Crippen LogP contribution in [0.3, 0.4) is 0 Å². The molecule has 0 unspecified atom stereocenters. The van der Waals surface area contributed by atoms with Crippen LogP contribution in [0, 0.1) is 0 Å². The molecule has 2 aliphatic rings. The van der Waals surface area contributed by atoms with Gasteiger partial charge in [-0.25, -0.2) is 0 Å². The number of cyclic esters (lactones) is 1. The second-order valence-corrected chi connectivity index (χ2v) is 9.63. The molecule has 0 bridgehead atoms. The molecule has 2 heterocycles. The van der Waals surface area contributed by atoms with Crippen molar-refractivity contribution in [1.29, 1.82) is 0 Å². The van der Waals surface area contributed by atoms with E-state index in [2.05, 4.69) is 46.6 Å². The summed E-state index contributed by atoms with van der Waals surface area (Å²) in [5.74, 6) is -0.262. The number of fused-ring (bicyclic) bond motifs is 1. The van der Waals surface area contributed by atoms with Crippen LogP contribution >= 0.6 is 0 Å². The molecular formula is C30H32N2O3. The van der Waals surface area contributed by atoms with Crippen molar-refractivity contribution in [2.75, 3.05) is 0 Å². The highest BCUT2D eigenvalue weighted by Gasteiger charge is 2.51. The van der Waals surface area contributed by atoms with E-state index in [-0.39, 0.29) is 36.1 Å². The maximum atomic E-state index is 13.5. The summed E-state index contributed by atoms with van der Waals surface area (Å²) in [6.45, 7) is 1.54. The summed E-state index contributed by atoms with van der Waals surface area (Å²) < 4.78 is 6.18. The van der Waals surface area contributed by atoms with Gasteiger partial charge in [-0.3, -0.25) is 14.5 Å². The molecule has 35 heavy (non-hydrogen) atoms. The van der Waals surface area contributed by atoms with Crippen molar-refractivity contribution in [3.8, 4) is 0 Å². The lowest BCUT2D eigenvalue weighted by Gasteiger charge is -2.53. The van der Waals surface area contributed by atoms with Crippen molar-refractivity contribution in [3.63, 3.8) is 0 Å². The van der Waals surface area contributed by atoms with E-state index in [4.69, 9.17) is 4.74 Å². The number of piperidine rings is 1. The largest absolute Gasteiger partial charge is 0.454 e. The highest BCUT2D eigenvalue weighted by atomic mass is 16.6. The molecule has 5 heteroatoms. The van der Waals surface area contributed by atoms with Crippen LogP contribution in [-0.2, 0) is 20.7 Å². The normalized spacial score (nSPS) is 26.4. The number of hydrogen-bond donors (Lipinski definition) is 1. The molecule has 180 valence electrons. The Labute approximate surface area is 207 Å². The number of carbonyl (C=O) groups excluding carboxylic acids is 2. The van der Waals surface area contributed by atoms with Crippen LogP contribution < -0.4 is 5.32 Å². The molecule has 1 amide bonds.